The number of thiazole rings is 2. The molecule has 0 saturated heterocycles. The molecule has 0 N–H and O–H groups in total. The van der Waals surface area contributed by atoms with Crippen LogP contribution in [0.15, 0.2) is 60.7 Å². The number of halogens is 8. The predicted octanol–water partition coefficient (Wildman–Crippen LogP) is 14.4. The second-order valence-corrected chi connectivity index (χ2v) is 17.9. The average molecular weight is 815 g/mol. The summed E-state index contributed by atoms with van der Waals surface area (Å²) in [6, 6.07) is 16.3. The molecule has 0 amide bonds. The Morgan fingerprint density at radius 2 is 0.654 bits per heavy atom. The van der Waals surface area contributed by atoms with Gasteiger partial charge >= 0.3 is 0 Å². The third-order valence-corrected chi connectivity index (χ3v) is 15.3. The molecule has 0 aliphatic carbocycles. The van der Waals surface area contributed by atoms with Gasteiger partial charge in [0.1, 0.15) is 10.0 Å². The zero-order valence-electron chi connectivity index (χ0n) is 25.1. The molecular weight excluding hydrogens is 805 g/mol. The summed E-state index contributed by atoms with van der Waals surface area (Å²) in [6.07, 6.45) is 0. The maximum absolute atomic E-state index is 14.5. The molecule has 6 heterocycles. The standard InChI is InChI=1S/C36H10F8N2S6/c37-17-9-15(27(39)31(43)29(17)41)23-5-11-1-21-13(3-19(11)47-23)7-25(49-21)33-45-35-36(51-33)46-34(52-35)26-8-14-4-20-12(2-22(14)50-26)6-24(48-20)16-10-18(38)30(42)32(44)28(16)40/h1-10H. The van der Waals surface area contributed by atoms with Gasteiger partial charge in [0.2, 0.25) is 0 Å². The normalized spacial score (nSPS) is 12.2. The number of nitrogens with zero attached hydrogens (tertiary/aromatic N) is 2. The average Bonchev–Trinajstić information content (AvgIpc) is 3.96. The van der Waals surface area contributed by atoms with Crippen molar-refractivity contribution in [2.24, 2.45) is 0 Å². The molecule has 10 aromatic rings. The molecule has 2 nitrogen and oxygen atoms in total. The number of hydrogen-bond donors (Lipinski definition) is 0. The number of fused-ring (bicyclic) bond motifs is 5. The van der Waals surface area contributed by atoms with Gasteiger partial charge in [-0.05, 0) is 82.2 Å². The smallest absolute Gasteiger partial charge is 0.198 e. The van der Waals surface area contributed by atoms with Crippen molar-refractivity contribution in [1.29, 1.82) is 0 Å². The summed E-state index contributed by atoms with van der Waals surface area (Å²) in [7, 11) is 0. The summed E-state index contributed by atoms with van der Waals surface area (Å²) in [5.41, 5.74) is -0.668. The van der Waals surface area contributed by atoms with E-state index in [1.165, 1.54) is 45.3 Å². The first-order valence-electron chi connectivity index (χ1n) is 14.9. The van der Waals surface area contributed by atoms with Crippen LogP contribution >= 0.6 is 68.0 Å². The molecule has 0 bridgehead atoms. The van der Waals surface area contributed by atoms with Gasteiger partial charge in [0.15, 0.2) is 56.2 Å². The summed E-state index contributed by atoms with van der Waals surface area (Å²) < 4.78 is 115. The molecule has 0 fully saturated rings. The van der Waals surface area contributed by atoms with Crippen LogP contribution < -0.4 is 0 Å². The number of hydrogen-bond acceptors (Lipinski definition) is 8. The lowest BCUT2D eigenvalue weighted by Crippen LogP contribution is -1.97. The Kier molecular flexibility index (Phi) is 7.21. The fraction of sp³-hybridized carbons (Fsp3) is 0. The first-order valence-corrected chi connectivity index (χ1v) is 19.8. The minimum absolute atomic E-state index is 0.284. The van der Waals surface area contributed by atoms with Gasteiger partial charge in [-0.25, -0.2) is 45.1 Å². The molecule has 0 radical (unpaired) electrons. The van der Waals surface area contributed by atoms with Crippen LogP contribution in [0.3, 0.4) is 0 Å². The lowest BCUT2D eigenvalue weighted by atomic mass is 10.1. The third-order valence-electron chi connectivity index (χ3n) is 8.44. The maximum Gasteiger partial charge on any atom is 0.198 e. The van der Waals surface area contributed by atoms with Gasteiger partial charge in [-0.15, -0.1) is 45.3 Å². The van der Waals surface area contributed by atoms with Crippen molar-refractivity contribution in [3.63, 3.8) is 0 Å². The zero-order chi connectivity index (χ0) is 35.7. The Balaban J connectivity index is 0.941. The van der Waals surface area contributed by atoms with Crippen molar-refractivity contribution in [3.05, 3.63) is 107 Å². The molecule has 16 heteroatoms. The molecule has 0 atom stereocenters. The highest BCUT2D eigenvalue weighted by molar-refractivity contribution is 7.33. The highest BCUT2D eigenvalue weighted by atomic mass is 32.1. The van der Waals surface area contributed by atoms with Gasteiger partial charge in [0, 0.05) is 39.7 Å². The van der Waals surface area contributed by atoms with Gasteiger partial charge in [-0.3, -0.25) is 0 Å². The van der Waals surface area contributed by atoms with Gasteiger partial charge in [0.05, 0.1) is 9.75 Å². The Morgan fingerprint density at radius 1 is 0.327 bits per heavy atom. The van der Waals surface area contributed by atoms with E-state index in [-0.39, 0.29) is 20.9 Å². The summed E-state index contributed by atoms with van der Waals surface area (Å²) in [6.45, 7) is 0. The predicted molar refractivity (Wildman–Crippen MR) is 198 cm³/mol. The SMILES string of the molecule is Fc1cc(-c2cc3cc4sc(-c5nc6sc(-c7cc8cc9sc(-c%10cc(F)c(F)c(F)c%10F)cc9cc8s7)nc6s5)cc4cc3s2)c(F)c(F)c1F. The van der Waals surface area contributed by atoms with E-state index in [0.29, 0.717) is 12.1 Å². The molecule has 0 spiro atoms. The highest BCUT2D eigenvalue weighted by Gasteiger charge is 2.24. The second-order valence-electron chi connectivity index (χ2n) is 11.6. The largest absolute Gasteiger partial charge is 0.222 e. The fourth-order valence-corrected chi connectivity index (χ4v) is 12.5. The number of rotatable bonds is 4. The van der Waals surface area contributed by atoms with Crippen LogP contribution in [0.5, 0.6) is 0 Å². The monoisotopic (exact) mass is 814 g/mol. The Hall–Kier alpha value is -4.32. The van der Waals surface area contributed by atoms with Crippen LogP contribution in [0.2, 0.25) is 0 Å². The number of thiophene rings is 4. The molecule has 0 aliphatic heterocycles. The number of aromatic nitrogens is 2. The van der Waals surface area contributed by atoms with Crippen LogP contribution in [-0.4, -0.2) is 9.97 Å². The van der Waals surface area contributed by atoms with Crippen LogP contribution in [0.25, 0.3) is 90.7 Å². The van der Waals surface area contributed by atoms with Crippen molar-refractivity contribution in [3.8, 4) is 40.7 Å². The summed E-state index contributed by atoms with van der Waals surface area (Å²) in [5.74, 6) is -13.1. The molecule has 4 aromatic carbocycles. The molecule has 0 unspecified atom stereocenters. The molecule has 256 valence electrons. The van der Waals surface area contributed by atoms with E-state index in [4.69, 9.17) is 9.97 Å². The Morgan fingerprint density at radius 3 is 1.02 bits per heavy atom. The first kappa shape index (κ1) is 32.3. The van der Waals surface area contributed by atoms with Gasteiger partial charge in [-0.1, -0.05) is 22.7 Å². The van der Waals surface area contributed by atoms with Crippen LogP contribution in [-0.2, 0) is 0 Å². The third kappa shape index (κ3) is 4.95. The Labute approximate surface area is 309 Å². The molecule has 52 heavy (non-hydrogen) atoms. The zero-order valence-corrected chi connectivity index (χ0v) is 30.0. The molecular formula is C36H10F8N2S6. The Bertz CT molecular complexity index is 2810. The van der Waals surface area contributed by atoms with Gasteiger partial charge in [-0.2, -0.15) is 0 Å². The minimum Gasteiger partial charge on any atom is -0.222 e. The molecule has 6 aromatic heterocycles. The fourth-order valence-electron chi connectivity index (χ4n) is 5.98. The van der Waals surface area contributed by atoms with Crippen molar-refractivity contribution in [2.75, 3.05) is 0 Å². The molecule has 0 aliphatic rings. The van der Waals surface area contributed by atoms with E-state index in [2.05, 4.69) is 0 Å². The first-order chi connectivity index (χ1) is 25.0. The lowest BCUT2D eigenvalue weighted by Gasteiger charge is -2.03. The minimum atomic E-state index is -1.84. The van der Waals surface area contributed by atoms with Crippen LogP contribution in [0.1, 0.15) is 0 Å². The van der Waals surface area contributed by atoms with E-state index in [0.717, 1.165) is 92.4 Å². The molecule has 10 rings (SSSR count). The van der Waals surface area contributed by atoms with Crippen molar-refractivity contribution in [1.82, 2.24) is 9.97 Å². The van der Waals surface area contributed by atoms with Gasteiger partial charge < -0.3 is 0 Å². The van der Waals surface area contributed by atoms with Crippen molar-refractivity contribution >= 4 is 118 Å². The lowest BCUT2D eigenvalue weighted by molar-refractivity contribution is 0.411. The summed E-state index contributed by atoms with van der Waals surface area (Å²) >= 11 is 8.28. The van der Waals surface area contributed by atoms with Crippen LogP contribution in [0, 0.1) is 46.5 Å². The van der Waals surface area contributed by atoms with E-state index in [9.17, 15) is 35.1 Å². The number of benzene rings is 4. The van der Waals surface area contributed by atoms with Crippen molar-refractivity contribution in [2.45, 2.75) is 0 Å². The topological polar surface area (TPSA) is 25.8 Å². The summed E-state index contributed by atoms with van der Waals surface area (Å²) in [4.78, 5) is 13.7. The van der Waals surface area contributed by atoms with E-state index >= 15 is 0 Å². The quantitative estimate of drug-likeness (QED) is 0.100. The van der Waals surface area contributed by atoms with Crippen molar-refractivity contribution < 1.29 is 35.1 Å². The van der Waals surface area contributed by atoms with E-state index in [1.54, 1.807) is 12.1 Å². The second kappa shape index (κ2) is 11.6. The van der Waals surface area contributed by atoms with Gasteiger partial charge in [0.25, 0.3) is 0 Å². The molecule has 0 saturated carbocycles. The maximum atomic E-state index is 14.5. The van der Waals surface area contributed by atoms with Crippen LogP contribution in [0.4, 0.5) is 35.1 Å². The van der Waals surface area contributed by atoms with E-state index in [1.807, 2.05) is 36.4 Å². The summed E-state index contributed by atoms with van der Waals surface area (Å²) in [5, 5.41) is 4.96. The highest BCUT2D eigenvalue weighted by Crippen LogP contribution is 2.46. The van der Waals surface area contributed by atoms with E-state index < -0.39 is 46.5 Å².